The Kier molecular flexibility index (Phi) is 4.83. The molecular weight excluding hydrogens is 212 g/mol. The standard InChI is InChI=1S/C14H28N2O/c1-11-8-16(9-12(2)17-11)10-14(15)13-6-4-3-5-7-13/h11-14H,3-10,15H2,1-2H3. The molecule has 0 aromatic heterocycles. The number of hydrogen-bond donors (Lipinski definition) is 1. The summed E-state index contributed by atoms with van der Waals surface area (Å²) in [6.07, 6.45) is 7.58. The van der Waals surface area contributed by atoms with E-state index in [1.54, 1.807) is 0 Å². The molecule has 1 saturated carbocycles. The van der Waals surface area contributed by atoms with E-state index in [0.717, 1.165) is 25.6 Å². The minimum atomic E-state index is 0.359. The van der Waals surface area contributed by atoms with Gasteiger partial charge in [0.25, 0.3) is 0 Å². The van der Waals surface area contributed by atoms with E-state index in [1.807, 2.05) is 0 Å². The van der Waals surface area contributed by atoms with Crippen molar-refractivity contribution in [3.05, 3.63) is 0 Å². The number of nitrogens with two attached hydrogens (primary N) is 1. The van der Waals surface area contributed by atoms with Gasteiger partial charge in [0.1, 0.15) is 0 Å². The number of morpholine rings is 1. The second-order valence-corrected chi connectivity index (χ2v) is 6.04. The quantitative estimate of drug-likeness (QED) is 0.820. The van der Waals surface area contributed by atoms with Crippen molar-refractivity contribution < 1.29 is 4.74 Å². The van der Waals surface area contributed by atoms with Crippen molar-refractivity contribution in [1.29, 1.82) is 0 Å². The van der Waals surface area contributed by atoms with E-state index in [1.165, 1.54) is 32.1 Å². The summed E-state index contributed by atoms with van der Waals surface area (Å²) in [6, 6.07) is 0.368. The van der Waals surface area contributed by atoms with Crippen LogP contribution in [0.2, 0.25) is 0 Å². The average Bonchev–Trinajstić information content (AvgIpc) is 2.28. The molecule has 2 rings (SSSR count). The molecule has 0 bridgehead atoms. The van der Waals surface area contributed by atoms with Gasteiger partial charge in [-0.15, -0.1) is 0 Å². The predicted molar refractivity (Wildman–Crippen MR) is 71.0 cm³/mol. The van der Waals surface area contributed by atoms with E-state index in [0.29, 0.717) is 18.2 Å². The summed E-state index contributed by atoms with van der Waals surface area (Å²) in [7, 11) is 0. The van der Waals surface area contributed by atoms with Crippen LogP contribution in [0.4, 0.5) is 0 Å². The van der Waals surface area contributed by atoms with Crippen LogP contribution in [-0.4, -0.2) is 42.8 Å². The molecule has 3 unspecified atom stereocenters. The first-order valence-electron chi connectivity index (χ1n) is 7.28. The van der Waals surface area contributed by atoms with Crippen molar-refractivity contribution in [2.24, 2.45) is 11.7 Å². The fraction of sp³-hybridized carbons (Fsp3) is 1.00. The van der Waals surface area contributed by atoms with Gasteiger partial charge < -0.3 is 10.5 Å². The first kappa shape index (κ1) is 13.3. The van der Waals surface area contributed by atoms with Crippen molar-refractivity contribution in [3.63, 3.8) is 0 Å². The van der Waals surface area contributed by atoms with Crippen molar-refractivity contribution in [2.45, 2.75) is 64.2 Å². The lowest BCUT2D eigenvalue weighted by Gasteiger charge is -2.38. The Morgan fingerprint density at radius 3 is 2.29 bits per heavy atom. The first-order valence-corrected chi connectivity index (χ1v) is 7.28. The van der Waals surface area contributed by atoms with Crippen LogP contribution < -0.4 is 5.73 Å². The molecule has 3 nitrogen and oxygen atoms in total. The molecule has 0 aromatic carbocycles. The lowest BCUT2D eigenvalue weighted by Crippen LogP contribution is -2.51. The first-order chi connectivity index (χ1) is 8.15. The van der Waals surface area contributed by atoms with Gasteiger partial charge in [-0.05, 0) is 32.6 Å². The zero-order valence-electron chi connectivity index (χ0n) is 11.4. The van der Waals surface area contributed by atoms with E-state index < -0.39 is 0 Å². The van der Waals surface area contributed by atoms with Gasteiger partial charge in [0.15, 0.2) is 0 Å². The summed E-state index contributed by atoms with van der Waals surface area (Å²) in [5.41, 5.74) is 6.39. The van der Waals surface area contributed by atoms with Crippen LogP contribution in [0.15, 0.2) is 0 Å². The Balaban J connectivity index is 1.78. The Hall–Kier alpha value is -0.120. The molecule has 1 saturated heterocycles. The van der Waals surface area contributed by atoms with Gasteiger partial charge >= 0.3 is 0 Å². The molecule has 2 fully saturated rings. The molecule has 100 valence electrons. The Bertz CT molecular complexity index is 218. The molecule has 3 heteroatoms. The minimum Gasteiger partial charge on any atom is -0.373 e. The number of rotatable bonds is 3. The minimum absolute atomic E-state index is 0.359. The summed E-state index contributed by atoms with van der Waals surface area (Å²) in [6.45, 7) is 7.47. The van der Waals surface area contributed by atoms with Gasteiger partial charge in [0.2, 0.25) is 0 Å². The van der Waals surface area contributed by atoms with Crippen LogP contribution in [-0.2, 0) is 4.74 Å². The topological polar surface area (TPSA) is 38.5 Å². The second kappa shape index (κ2) is 6.17. The van der Waals surface area contributed by atoms with E-state index >= 15 is 0 Å². The van der Waals surface area contributed by atoms with Gasteiger partial charge in [-0.1, -0.05) is 19.3 Å². The fourth-order valence-corrected chi connectivity index (χ4v) is 3.44. The molecule has 0 spiro atoms. The average molecular weight is 240 g/mol. The molecule has 17 heavy (non-hydrogen) atoms. The summed E-state index contributed by atoms with van der Waals surface area (Å²) in [5, 5.41) is 0. The highest BCUT2D eigenvalue weighted by Crippen LogP contribution is 2.26. The summed E-state index contributed by atoms with van der Waals surface area (Å²) >= 11 is 0. The molecule has 2 N–H and O–H groups in total. The maximum absolute atomic E-state index is 6.39. The van der Waals surface area contributed by atoms with Crippen molar-refractivity contribution >= 4 is 0 Å². The van der Waals surface area contributed by atoms with Gasteiger partial charge in [-0.25, -0.2) is 0 Å². The van der Waals surface area contributed by atoms with Crippen molar-refractivity contribution in [3.8, 4) is 0 Å². The molecular formula is C14H28N2O. The smallest absolute Gasteiger partial charge is 0.0678 e. The van der Waals surface area contributed by atoms with Gasteiger partial charge in [0.05, 0.1) is 12.2 Å². The monoisotopic (exact) mass is 240 g/mol. The van der Waals surface area contributed by atoms with Crippen LogP contribution in [0.1, 0.15) is 46.0 Å². The maximum atomic E-state index is 6.39. The SMILES string of the molecule is CC1CN(CC(N)C2CCCCC2)CC(C)O1. The number of nitrogens with zero attached hydrogens (tertiary/aromatic N) is 1. The number of hydrogen-bond acceptors (Lipinski definition) is 3. The van der Waals surface area contributed by atoms with Crippen molar-refractivity contribution in [1.82, 2.24) is 4.90 Å². The summed E-state index contributed by atoms with van der Waals surface area (Å²) in [4.78, 5) is 2.50. The molecule has 0 radical (unpaired) electrons. The molecule has 3 atom stereocenters. The summed E-state index contributed by atoms with van der Waals surface area (Å²) in [5.74, 6) is 0.761. The van der Waals surface area contributed by atoms with Crippen LogP contribution in [0, 0.1) is 5.92 Å². The molecule has 1 heterocycles. The Labute approximate surface area is 106 Å². The van der Waals surface area contributed by atoms with E-state index in [-0.39, 0.29) is 0 Å². The fourth-order valence-electron chi connectivity index (χ4n) is 3.44. The largest absolute Gasteiger partial charge is 0.373 e. The van der Waals surface area contributed by atoms with Crippen LogP contribution in [0.25, 0.3) is 0 Å². The normalized spacial score (nSPS) is 34.8. The predicted octanol–water partition coefficient (Wildman–Crippen LogP) is 2.00. The summed E-state index contributed by atoms with van der Waals surface area (Å²) < 4.78 is 5.76. The molecule has 0 amide bonds. The van der Waals surface area contributed by atoms with Crippen LogP contribution in [0.5, 0.6) is 0 Å². The highest BCUT2D eigenvalue weighted by atomic mass is 16.5. The van der Waals surface area contributed by atoms with E-state index in [4.69, 9.17) is 10.5 Å². The van der Waals surface area contributed by atoms with Gasteiger partial charge in [0, 0.05) is 25.7 Å². The van der Waals surface area contributed by atoms with Gasteiger partial charge in [-0.2, -0.15) is 0 Å². The maximum Gasteiger partial charge on any atom is 0.0678 e. The highest BCUT2D eigenvalue weighted by molar-refractivity contribution is 4.82. The molecule has 2 aliphatic rings. The Morgan fingerprint density at radius 1 is 1.12 bits per heavy atom. The van der Waals surface area contributed by atoms with Crippen LogP contribution >= 0.6 is 0 Å². The lowest BCUT2D eigenvalue weighted by atomic mass is 9.84. The van der Waals surface area contributed by atoms with E-state index in [2.05, 4.69) is 18.7 Å². The van der Waals surface area contributed by atoms with E-state index in [9.17, 15) is 0 Å². The van der Waals surface area contributed by atoms with Crippen LogP contribution in [0.3, 0.4) is 0 Å². The molecule has 1 aliphatic heterocycles. The molecule has 0 aromatic rings. The number of ether oxygens (including phenoxy) is 1. The zero-order chi connectivity index (χ0) is 12.3. The third kappa shape index (κ3) is 3.94. The van der Waals surface area contributed by atoms with Crippen molar-refractivity contribution in [2.75, 3.05) is 19.6 Å². The third-order valence-corrected chi connectivity index (χ3v) is 4.22. The zero-order valence-corrected chi connectivity index (χ0v) is 11.4. The van der Waals surface area contributed by atoms with Gasteiger partial charge in [-0.3, -0.25) is 4.90 Å². The Morgan fingerprint density at radius 2 is 1.71 bits per heavy atom. The third-order valence-electron chi connectivity index (χ3n) is 4.22. The molecule has 1 aliphatic carbocycles. The highest BCUT2D eigenvalue weighted by Gasteiger charge is 2.27. The lowest BCUT2D eigenvalue weighted by molar-refractivity contribution is -0.0705. The second-order valence-electron chi connectivity index (χ2n) is 6.04.